The van der Waals surface area contributed by atoms with Crippen molar-refractivity contribution in [2.45, 2.75) is 19.8 Å². The molecule has 8 heteroatoms. The predicted octanol–water partition coefficient (Wildman–Crippen LogP) is 1.94. The van der Waals surface area contributed by atoms with Crippen LogP contribution < -0.4 is 5.32 Å². The molecule has 0 aromatic carbocycles. The van der Waals surface area contributed by atoms with E-state index in [1.54, 1.807) is 12.2 Å². The third kappa shape index (κ3) is 7.21. The maximum absolute atomic E-state index is 12.0. The van der Waals surface area contributed by atoms with E-state index in [0.29, 0.717) is 23.6 Å². The zero-order chi connectivity index (χ0) is 20.4. The molecule has 0 atom stereocenters. The van der Waals surface area contributed by atoms with Gasteiger partial charge in [0.1, 0.15) is 11.8 Å². The number of carboxylic acids is 1. The van der Waals surface area contributed by atoms with Crippen molar-refractivity contribution in [3.8, 4) is 6.07 Å². The van der Waals surface area contributed by atoms with Crippen molar-refractivity contribution in [1.82, 2.24) is 15.2 Å². The number of aromatic nitrogens is 1. The number of piperidine rings is 1. The lowest BCUT2D eigenvalue weighted by Crippen LogP contribution is -2.33. The van der Waals surface area contributed by atoms with Crippen molar-refractivity contribution < 1.29 is 14.7 Å². The number of hydrogen-bond donors (Lipinski definition) is 3. The van der Waals surface area contributed by atoms with Gasteiger partial charge in [-0.15, -0.1) is 0 Å². The van der Waals surface area contributed by atoms with E-state index >= 15 is 0 Å². The number of rotatable bonds is 8. The van der Waals surface area contributed by atoms with Crippen LogP contribution in [0.25, 0.3) is 0 Å². The van der Waals surface area contributed by atoms with Gasteiger partial charge in [-0.2, -0.15) is 5.26 Å². The minimum absolute atomic E-state index is 0.251. The molecule has 0 radical (unpaired) electrons. The van der Waals surface area contributed by atoms with Crippen LogP contribution in [-0.4, -0.2) is 58.9 Å². The summed E-state index contributed by atoms with van der Waals surface area (Å²) in [5, 5.41) is 20.3. The summed E-state index contributed by atoms with van der Waals surface area (Å²) < 4.78 is 0. The molecule has 8 nitrogen and oxygen atoms in total. The third-order valence-corrected chi connectivity index (χ3v) is 4.45. The van der Waals surface area contributed by atoms with Gasteiger partial charge in [-0.3, -0.25) is 14.7 Å². The molecule has 1 fully saturated rings. The highest BCUT2D eigenvalue weighted by molar-refractivity contribution is 6.06. The second-order valence-corrected chi connectivity index (χ2v) is 6.72. The molecule has 1 aromatic heterocycles. The van der Waals surface area contributed by atoms with Crippen molar-refractivity contribution >= 4 is 17.6 Å². The topological polar surface area (TPSA) is 122 Å². The van der Waals surface area contributed by atoms with E-state index in [4.69, 9.17) is 10.4 Å². The van der Waals surface area contributed by atoms with Gasteiger partial charge < -0.3 is 15.4 Å². The first-order valence-electron chi connectivity index (χ1n) is 9.19. The highest BCUT2D eigenvalue weighted by Gasteiger charge is 2.14. The number of nitrogens with zero attached hydrogens (tertiary/aromatic N) is 3. The van der Waals surface area contributed by atoms with E-state index in [9.17, 15) is 9.59 Å². The summed E-state index contributed by atoms with van der Waals surface area (Å²) in [6, 6.07) is 3.42. The fourth-order valence-electron chi connectivity index (χ4n) is 2.72. The molecule has 2 rings (SSSR count). The van der Waals surface area contributed by atoms with Crippen molar-refractivity contribution in [3.05, 3.63) is 47.8 Å². The standard InChI is InChI=1S/C20H25N5O3/c1-15-6-9-25(10-7-15)14-24-17(4-5-19(26)27)3-2-8-22-20(28)18-11-16(12-21)13-23-18/h2-5,11,13,15,23H,6-10,14H2,1H3,(H,22,28)(H,26,27)/b3-2-,5-4+,24-17?. The fraction of sp³-hybridized carbons (Fsp3) is 0.400. The molecule has 3 N–H and O–H groups in total. The molecular formula is C20H25N5O3. The van der Waals surface area contributed by atoms with E-state index < -0.39 is 5.97 Å². The van der Waals surface area contributed by atoms with Crippen LogP contribution in [0.15, 0.2) is 41.6 Å². The summed E-state index contributed by atoms with van der Waals surface area (Å²) in [5.74, 6) is -0.631. The zero-order valence-corrected chi connectivity index (χ0v) is 15.9. The number of carbonyl (C=O) groups is 2. The van der Waals surface area contributed by atoms with Gasteiger partial charge in [-0.05, 0) is 37.0 Å². The zero-order valence-electron chi connectivity index (χ0n) is 15.9. The largest absolute Gasteiger partial charge is 0.478 e. The summed E-state index contributed by atoms with van der Waals surface area (Å²) in [7, 11) is 0. The Morgan fingerprint density at radius 2 is 2.14 bits per heavy atom. The molecule has 1 aromatic rings. The molecule has 1 saturated heterocycles. The molecule has 2 heterocycles. The van der Waals surface area contributed by atoms with Crippen LogP contribution in [0.3, 0.4) is 0 Å². The normalized spacial score (nSPS) is 16.5. The number of aromatic amines is 1. The highest BCUT2D eigenvalue weighted by atomic mass is 16.4. The first-order chi connectivity index (χ1) is 13.5. The molecule has 0 unspecified atom stereocenters. The number of nitrogens with one attached hydrogen (secondary N) is 2. The number of hydrogen-bond acceptors (Lipinski definition) is 5. The van der Waals surface area contributed by atoms with Gasteiger partial charge in [0.15, 0.2) is 0 Å². The van der Waals surface area contributed by atoms with Crippen LogP contribution >= 0.6 is 0 Å². The molecule has 0 bridgehead atoms. The van der Waals surface area contributed by atoms with Crippen LogP contribution in [-0.2, 0) is 4.79 Å². The third-order valence-electron chi connectivity index (χ3n) is 4.45. The number of carbonyl (C=O) groups excluding carboxylic acids is 1. The van der Waals surface area contributed by atoms with Crippen molar-refractivity contribution in [1.29, 1.82) is 5.26 Å². The molecule has 1 amide bonds. The Morgan fingerprint density at radius 1 is 1.39 bits per heavy atom. The van der Waals surface area contributed by atoms with Gasteiger partial charge in [0.2, 0.25) is 0 Å². The summed E-state index contributed by atoms with van der Waals surface area (Å²) in [5.41, 5.74) is 1.23. The van der Waals surface area contributed by atoms with E-state index in [0.717, 1.165) is 37.9 Å². The van der Waals surface area contributed by atoms with Crippen LogP contribution in [0.2, 0.25) is 0 Å². The monoisotopic (exact) mass is 383 g/mol. The number of aliphatic imine (C=N–C) groups is 1. The number of H-pyrrole nitrogens is 1. The number of amides is 1. The van der Waals surface area contributed by atoms with Crippen LogP contribution in [0.4, 0.5) is 0 Å². The first-order valence-corrected chi connectivity index (χ1v) is 9.19. The maximum Gasteiger partial charge on any atom is 0.328 e. The van der Waals surface area contributed by atoms with E-state index in [-0.39, 0.29) is 12.5 Å². The maximum atomic E-state index is 12.0. The van der Waals surface area contributed by atoms with Crippen LogP contribution in [0.1, 0.15) is 35.8 Å². The number of aliphatic carboxylic acids is 1. The highest BCUT2D eigenvalue weighted by Crippen LogP contribution is 2.15. The Kier molecular flexibility index (Phi) is 8.18. The van der Waals surface area contributed by atoms with Gasteiger partial charge in [0.05, 0.1) is 17.9 Å². The molecule has 1 aliphatic heterocycles. The molecule has 1 aliphatic rings. The summed E-state index contributed by atoms with van der Waals surface area (Å²) >= 11 is 0. The second-order valence-electron chi connectivity index (χ2n) is 6.72. The Morgan fingerprint density at radius 3 is 2.79 bits per heavy atom. The molecular weight excluding hydrogens is 358 g/mol. The summed E-state index contributed by atoms with van der Waals surface area (Å²) in [6.45, 7) is 4.98. The fourth-order valence-corrected chi connectivity index (χ4v) is 2.72. The SMILES string of the molecule is CC1CCN(CN=C(/C=C\CNC(=O)c2cc(C#N)c[nH]2)/C=C/C(=O)O)CC1. The molecule has 28 heavy (non-hydrogen) atoms. The van der Waals surface area contributed by atoms with Crippen molar-refractivity contribution in [2.24, 2.45) is 10.9 Å². The van der Waals surface area contributed by atoms with E-state index in [2.05, 4.69) is 27.1 Å². The van der Waals surface area contributed by atoms with Crippen molar-refractivity contribution in [3.63, 3.8) is 0 Å². The lowest BCUT2D eigenvalue weighted by molar-refractivity contribution is -0.131. The van der Waals surface area contributed by atoms with Gasteiger partial charge in [-0.25, -0.2) is 4.79 Å². The van der Waals surface area contributed by atoms with Crippen LogP contribution in [0.5, 0.6) is 0 Å². The van der Waals surface area contributed by atoms with Crippen LogP contribution in [0, 0.1) is 17.2 Å². The predicted molar refractivity (Wildman–Crippen MR) is 106 cm³/mol. The number of nitriles is 1. The minimum atomic E-state index is -1.04. The molecule has 0 spiro atoms. The Balaban J connectivity index is 1.89. The second kappa shape index (κ2) is 10.8. The van der Waals surface area contributed by atoms with Crippen molar-refractivity contribution in [2.75, 3.05) is 26.3 Å². The average Bonchev–Trinajstić information content (AvgIpc) is 3.17. The molecule has 0 aliphatic carbocycles. The Bertz CT molecular complexity index is 808. The Hall–Kier alpha value is -3.18. The number of likely N-dealkylation sites (tertiary alicyclic amines) is 1. The minimum Gasteiger partial charge on any atom is -0.478 e. The lowest BCUT2D eigenvalue weighted by atomic mass is 10.00. The Labute approximate surface area is 164 Å². The van der Waals surface area contributed by atoms with E-state index in [1.165, 1.54) is 18.3 Å². The van der Waals surface area contributed by atoms with Gasteiger partial charge in [-0.1, -0.05) is 13.0 Å². The summed E-state index contributed by atoms with van der Waals surface area (Å²) in [6.07, 6.45) is 9.62. The van der Waals surface area contributed by atoms with Gasteiger partial charge >= 0.3 is 5.97 Å². The van der Waals surface area contributed by atoms with E-state index in [1.807, 2.05) is 6.07 Å². The smallest absolute Gasteiger partial charge is 0.328 e. The number of allylic oxidation sites excluding steroid dienone is 2. The average molecular weight is 383 g/mol. The quantitative estimate of drug-likeness (QED) is 0.468. The number of carboxylic acid groups (broad SMARTS) is 1. The first kappa shape index (κ1) is 21.1. The lowest BCUT2D eigenvalue weighted by Gasteiger charge is -2.28. The van der Waals surface area contributed by atoms with Gasteiger partial charge in [0, 0.05) is 31.9 Å². The molecule has 0 saturated carbocycles. The molecule has 148 valence electrons. The summed E-state index contributed by atoms with van der Waals surface area (Å²) in [4.78, 5) is 32.2. The van der Waals surface area contributed by atoms with Gasteiger partial charge in [0.25, 0.3) is 5.91 Å².